The van der Waals surface area contributed by atoms with E-state index in [2.05, 4.69) is 20.3 Å². The smallest absolute Gasteiger partial charge is 0.410 e. The minimum absolute atomic E-state index is 0.0681. The Bertz CT molecular complexity index is 2200. The van der Waals surface area contributed by atoms with Gasteiger partial charge in [0.15, 0.2) is 11.6 Å². The minimum Gasteiger partial charge on any atom is -0.491 e. The maximum Gasteiger partial charge on any atom is 0.410 e. The number of halogens is 2. The Morgan fingerprint density at radius 1 is 0.852 bits per heavy atom. The van der Waals surface area contributed by atoms with E-state index in [1.807, 2.05) is 13.0 Å². The number of nitrogens with two attached hydrogens (primary N) is 1. The molecule has 0 aliphatic heterocycles. The lowest BCUT2D eigenvalue weighted by atomic mass is 10.0. The standard InChI is InChI=1S/C38H40F2N6O7S/c1-24-28-18-25(26-19-32(37(51-2)42-22-26)46(54(49)50)31-16-15-27(39)21-29(31)40)20-34(36(28)44-23-43-24)52-17-11-7-5-3-4-6-8-14-35(47)45-30-12-9-10-13-33(30)53-38(41)48/h9-10,12-13,15-16,18-23,54H,3-8,11,14,17H2,1-2H3,(H2,41,48)(H,45,47). The van der Waals surface area contributed by atoms with Crippen LogP contribution in [0.25, 0.3) is 22.0 Å². The molecule has 5 aromatic rings. The van der Waals surface area contributed by atoms with E-state index in [0.29, 0.717) is 57.2 Å². The Hall–Kier alpha value is -5.90. The molecule has 2 aromatic heterocycles. The number of thiol groups is 1. The number of fused-ring (bicyclic) bond motifs is 1. The second kappa shape index (κ2) is 18.7. The Balaban J connectivity index is 1.17. The van der Waals surface area contributed by atoms with Gasteiger partial charge in [0.1, 0.15) is 29.1 Å². The molecule has 0 aliphatic carbocycles. The van der Waals surface area contributed by atoms with Crippen molar-refractivity contribution < 1.29 is 41.0 Å². The normalized spacial score (nSPS) is 11.1. The zero-order chi connectivity index (χ0) is 38.6. The molecule has 0 aliphatic rings. The molecule has 0 bridgehead atoms. The maximum atomic E-state index is 14.8. The lowest BCUT2D eigenvalue weighted by Crippen LogP contribution is -2.18. The maximum absolute atomic E-state index is 14.8. The van der Waals surface area contributed by atoms with E-state index in [-0.39, 0.29) is 23.2 Å². The Labute approximate surface area is 312 Å². The Morgan fingerprint density at radius 3 is 2.31 bits per heavy atom. The van der Waals surface area contributed by atoms with Gasteiger partial charge in [0.25, 0.3) is 0 Å². The number of nitrogens with zero attached hydrogens (tertiary/aromatic N) is 4. The van der Waals surface area contributed by atoms with Gasteiger partial charge in [-0.15, -0.1) is 0 Å². The molecule has 3 N–H and O–H groups in total. The summed E-state index contributed by atoms with van der Waals surface area (Å²) in [5.74, 6) is -1.48. The molecule has 0 radical (unpaired) electrons. The number of benzene rings is 3. The number of para-hydroxylation sites is 2. The number of anilines is 3. The number of aromatic nitrogens is 3. The van der Waals surface area contributed by atoms with E-state index in [4.69, 9.17) is 19.9 Å². The molecule has 0 fully saturated rings. The molecule has 13 nitrogen and oxygen atoms in total. The van der Waals surface area contributed by atoms with Gasteiger partial charge in [-0.25, -0.2) is 41.3 Å². The number of primary amides is 1. The first-order chi connectivity index (χ1) is 26.0. The Kier molecular flexibility index (Phi) is 13.6. The summed E-state index contributed by atoms with van der Waals surface area (Å²) in [4.78, 5) is 36.6. The summed E-state index contributed by atoms with van der Waals surface area (Å²) in [7, 11) is -2.14. The van der Waals surface area contributed by atoms with Crippen LogP contribution in [-0.2, 0) is 15.7 Å². The number of methoxy groups -OCH3 is 1. The summed E-state index contributed by atoms with van der Waals surface area (Å²) in [5, 5.41) is 3.48. The van der Waals surface area contributed by atoms with Crippen molar-refractivity contribution in [2.24, 2.45) is 5.73 Å². The van der Waals surface area contributed by atoms with Gasteiger partial charge in [-0.3, -0.25) is 4.79 Å². The Morgan fingerprint density at radius 2 is 1.59 bits per heavy atom. The van der Waals surface area contributed by atoms with Crippen molar-refractivity contribution in [1.29, 1.82) is 0 Å². The van der Waals surface area contributed by atoms with Gasteiger partial charge in [0, 0.05) is 35.3 Å². The SMILES string of the molecule is COc1ncc(-c2cc(OCCCCCCCCCC(=O)Nc3ccccc3OC(N)=O)c3ncnc(C)c3c2)cc1N(c1ccc(F)cc1F)[SH](=O)=O. The molecule has 0 saturated heterocycles. The zero-order valence-corrected chi connectivity index (χ0v) is 30.6. The summed E-state index contributed by atoms with van der Waals surface area (Å²) in [6, 6.07) is 14.3. The van der Waals surface area contributed by atoms with E-state index in [9.17, 15) is 26.8 Å². The molecule has 284 valence electrons. The zero-order valence-electron chi connectivity index (χ0n) is 29.7. The predicted molar refractivity (Wildman–Crippen MR) is 201 cm³/mol. The fraction of sp³-hybridized carbons (Fsp3) is 0.289. The molecule has 54 heavy (non-hydrogen) atoms. The molecular formula is C38H40F2N6O7S. The van der Waals surface area contributed by atoms with Gasteiger partial charge in [-0.2, -0.15) is 0 Å². The number of carbonyl (C=O) groups excluding carboxylic acids is 2. The summed E-state index contributed by atoms with van der Waals surface area (Å²) in [6.45, 7) is 2.26. The average molecular weight is 763 g/mol. The molecule has 2 heterocycles. The molecule has 0 unspecified atom stereocenters. The number of unbranched alkanes of at least 4 members (excludes halogenated alkanes) is 6. The number of hydrogen-bond donors (Lipinski definition) is 3. The van der Waals surface area contributed by atoms with Gasteiger partial charge in [-0.05, 0) is 67.8 Å². The largest absolute Gasteiger partial charge is 0.491 e. The van der Waals surface area contributed by atoms with Crippen molar-refractivity contribution in [3.63, 3.8) is 0 Å². The van der Waals surface area contributed by atoms with E-state index in [0.717, 1.165) is 62.5 Å². The number of aryl methyl sites for hydroxylation is 1. The highest BCUT2D eigenvalue weighted by molar-refractivity contribution is 7.74. The van der Waals surface area contributed by atoms with Gasteiger partial charge in [-0.1, -0.05) is 44.2 Å². The molecule has 5 rings (SSSR count). The van der Waals surface area contributed by atoms with Crippen molar-refractivity contribution in [2.45, 2.75) is 58.3 Å². The second-order valence-electron chi connectivity index (χ2n) is 12.3. The van der Waals surface area contributed by atoms with Crippen LogP contribution in [0.1, 0.15) is 57.1 Å². The molecule has 0 atom stereocenters. The van der Waals surface area contributed by atoms with E-state index in [1.165, 1.54) is 25.7 Å². The summed E-state index contributed by atoms with van der Waals surface area (Å²) in [6.07, 6.45) is 8.63. The van der Waals surface area contributed by atoms with Crippen molar-refractivity contribution in [1.82, 2.24) is 15.0 Å². The second-order valence-corrected chi connectivity index (χ2v) is 13.1. The number of nitrogens with one attached hydrogen (secondary N) is 1. The van der Waals surface area contributed by atoms with Crippen molar-refractivity contribution in [3.8, 4) is 28.5 Å². The number of hydrogen-bond acceptors (Lipinski definition) is 10. The summed E-state index contributed by atoms with van der Waals surface area (Å²) >= 11 is 0. The average Bonchev–Trinajstić information content (AvgIpc) is 3.14. The van der Waals surface area contributed by atoms with Crippen LogP contribution in [-0.4, -0.2) is 49.1 Å². The van der Waals surface area contributed by atoms with Crippen LogP contribution in [0.3, 0.4) is 0 Å². The third-order valence-electron chi connectivity index (χ3n) is 8.47. The molecule has 3 aromatic carbocycles. The van der Waals surface area contributed by atoms with Crippen molar-refractivity contribution in [2.75, 3.05) is 23.3 Å². The third kappa shape index (κ3) is 10.2. The van der Waals surface area contributed by atoms with E-state index >= 15 is 0 Å². The lowest BCUT2D eigenvalue weighted by Gasteiger charge is -2.21. The predicted octanol–water partition coefficient (Wildman–Crippen LogP) is 7.55. The van der Waals surface area contributed by atoms with Gasteiger partial charge in [0.2, 0.25) is 22.7 Å². The van der Waals surface area contributed by atoms with Crippen LogP contribution in [0.15, 0.2) is 73.2 Å². The number of rotatable bonds is 18. The third-order valence-corrected chi connectivity index (χ3v) is 9.23. The fourth-order valence-electron chi connectivity index (χ4n) is 5.84. The van der Waals surface area contributed by atoms with Crippen LogP contribution < -0.4 is 29.6 Å². The number of carbonyl (C=O) groups is 2. The molecule has 0 spiro atoms. The van der Waals surface area contributed by atoms with Crippen LogP contribution in [0, 0.1) is 18.6 Å². The molecule has 0 saturated carbocycles. The van der Waals surface area contributed by atoms with Crippen molar-refractivity contribution in [3.05, 3.63) is 90.5 Å². The highest BCUT2D eigenvalue weighted by Gasteiger charge is 2.23. The minimum atomic E-state index is -3.44. The topological polar surface area (TPSA) is 176 Å². The van der Waals surface area contributed by atoms with Crippen LogP contribution in [0.2, 0.25) is 0 Å². The van der Waals surface area contributed by atoms with Crippen molar-refractivity contribution >= 4 is 50.9 Å². The van der Waals surface area contributed by atoms with Crippen LogP contribution in [0.5, 0.6) is 17.4 Å². The van der Waals surface area contributed by atoms with Crippen LogP contribution >= 0.6 is 0 Å². The van der Waals surface area contributed by atoms with Crippen LogP contribution in [0.4, 0.5) is 30.6 Å². The lowest BCUT2D eigenvalue weighted by molar-refractivity contribution is -0.116. The summed E-state index contributed by atoms with van der Waals surface area (Å²) < 4.78 is 70.6. The first kappa shape index (κ1) is 39.3. The monoisotopic (exact) mass is 762 g/mol. The molecule has 16 heteroatoms. The van der Waals surface area contributed by atoms with Gasteiger partial charge in [0.05, 0.1) is 25.1 Å². The summed E-state index contributed by atoms with van der Waals surface area (Å²) in [5.41, 5.74) is 7.42. The highest BCUT2D eigenvalue weighted by Crippen LogP contribution is 2.39. The molecule has 2 amide bonds. The van der Waals surface area contributed by atoms with E-state index in [1.54, 1.807) is 30.3 Å². The molecular weight excluding hydrogens is 723 g/mol. The number of amides is 2. The van der Waals surface area contributed by atoms with Gasteiger partial charge < -0.3 is 25.3 Å². The number of pyridine rings is 1. The van der Waals surface area contributed by atoms with Gasteiger partial charge >= 0.3 is 6.09 Å². The highest BCUT2D eigenvalue weighted by atomic mass is 32.2. The van der Waals surface area contributed by atoms with E-state index < -0.39 is 34.3 Å². The first-order valence-corrected chi connectivity index (χ1v) is 18.4. The first-order valence-electron chi connectivity index (χ1n) is 17.2. The fourth-order valence-corrected chi connectivity index (χ4v) is 6.49. The number of ether oxygens (including phenoxy) is 3. The quantitative estimate of drug-likeness (QED) is 0.0597.